The summed E-state index contributed by atoms with van der Waals surface area (Å²) in [5.41, 5.74) is 4.56. The van der Waals surface area contributed by atoms with Crippen LogP contribution >= 0.6 is 0 Å². The molecule has 3 heterocycles. The maximum Gasteiger partial charge on any atom is 0.311 e. The van der Waals surface area contributed by atoms with Crippen molar-refractivity contribution in [2.24, 2.45) is 5.92 Å². The summed E-state index contributed by atoms with van der Waals surface area (Å²) in [6.07, 6.45) is 2.35. The highest BCUT2D eigenvalue weighted by molar-refractivity contribution is 5.73. The second-order valence-corrected chi connectivity index (χ2v) is 7.86. The summed E-state index contributed by atoms with van der Waals surface area (Å²) in [5, 5.41) is 35.8. The van der Waals surface area contributed by atoms with Crippen LogP contribution in [0.5, 0.6) is 0 Å². The van der Waals surface area contributed by atoms with Gasteiger partial charge in [-0.2, -0.15) is 10.4 Å². The van der Waals surface area contributed by atoms with E-state index in [-0.39, 0.29) is 11.5 Å². The van der Waals surface area contributed by atoms with Gasteiger partial charge in [-0.05, 0) is 18.6 Å². The van der Waals surface area contributed by atoms with E-state index in [0.717, 1.165) is 32.1 Å². The van der Waals surface area contributed by atoms with Gasteiger partial charge in [-0.3, -0.25) is 4.79 Å². The van der Waals surface area contributed by atoms with E-state index in [0.29, 0.717) is 11.9 Å². The van der Waals surface area contributed by atoms with Crippen LogP contribution in [0, 0.1) is 17.2 Å². The summed E-state index contributed by atoms with van der Waals surface area (Å²) in [7, 11) is 1.27. The Morgan fingerprint density at radius 3 is 2.81 bits per heavy atom. The molecule has 0 aliphatic carbocycles. The predicted molar refractivity (Wildman–Crippen MR) is 110 cm³/mol. The molecule has 0 saturated carbocycles. The standard InChI is InChI=1S/C21H29N5O5/c1-3-4-5-6-7-8-13(20(29)30-2)17-16(27)18(28)21(11-22,31-17)15-10-9-14-19(23)24-12-25-26(14)15/h9-10,12-13,16-18,27-28H,3-8H2,1-2H3,(H2,23,24,25)/t13?,16-,17-,18-,21+/m1/s1. The molecule has 0 aromatic carbocycles. The molecule has 2 aromatic heterocycles. The first-order valence-corrected chi connectivity index (χ1v) is 10.5. The molecule has 1 aliphatic heterocycles. The fourth-order valence-electron chi connectivity index (χ4n) is 4.23. The zero-order chi connectivity index (χ0) is 22.6. The second-order valence-electron chi connectivity index (χ2n) is 7.86. The van der Waals surface area contributed by atoms with Crippen LogP contribution in [0.2, 0.25) is 0 Å². The van der Waals surface area contributed by atoms with E-state index in [2.05, 4.69) is 17.0 Å². The first-order valence-electron chi connectivity index (χ1n) is 10.5. The Labute approximate surface area is 180 Å². The average molecular weight is 431 g/mol. The molecule has 10 nitrogen and oxygen atoms in total. The number of hydrogen-bond acceptors (Lipinski definition) is 9. The molecule has 0 bridgehead atoms. The van der Waals surface area contributed by atoms with Gasteiger partial charge in [0.2, 0.25) is 5.60 Å². The number of anilines is 1. The molecule has 168 valence electrons. The minimum atomic E-state index is -1.94. The number of ether oxygens (including phenoxy) is 2. The highest BCUT2D eigenvalue weighted by Crippen LogP contribution is 2.43. The van der Waals surface area contributed by atoms with Gasteiger partial charge in [0.15, 0.2) is 5.82 Å². The third-order valence-corrected chi connectivity index (χ3v) is 5.95. The van der Waals surface area contributed by atoms with Gasteiger partial charge in [0.1, 0.15) is 36.2 Å². The van der Waals surface area contributed by atoms with E-state index in [1.807, 2.05) is 6.07 Å². The third-order valence-electron chi connectivity index (χ3n) is 5.95. The normalized spacial score (nSPS) is 26.6. The molecular formula is C21H29N5O5. The lowest BCUT2D eigenvalue weighted by molar-refractivity contribution is -0.155. The number of aliphatic hydroxyl groups is 2. The Kier molecular flexibility index (Phi) is 7.10. The minimum Gasteiger partial charge on any atom is -0.469 e. The summed E-state index contributed by atoms with van der Waals surface area (Å²) < 4.78 is 12.3. The van der Waals surface area contributed by atoms with E-state index in [1.54, 1.807) is 12.1 Å². The Morgan fingerprint density at radius 1 is 1.39 bits per heavy atom. The van der Waals surface area contributed by atoms with E-state index in [4.69, 9.17) is 15.2 Å². The molecule has 10 heteroatoms. The lowest BCUT2D eigenvalue weighted by Crippen LogP contribution is -2.41. The number of hydrogen-bond donors (Lipinski definition) is 3. The molecule has 0 radical (unpaired) electrons. The number of carbonyl (C=O) groups is 1. The zero-order valence-corrected chi connectivity index (χ0v) is 17.8. The highest BCUT2D eigenvalue weighted by Gasteiger charge is 2.60. The number of esters is 1. The van der Waals surface area contributed by atoms with Gasteiger partial charge in [0.05, 0.1) is 18.7 Å². The molecular weight excluding hydrogens is 402 g/mol. The fraction of sp³-hybridized carbons (Fsp3) is 0.619. The predicted octanol–water partition coefficient (Wildman–Crippen LogP) is 1.30. The van der Waals surface area contributed by atoms with Crippen LogP contribution in [0.25, 0.3) is 5.52 Å². The Morgan fingerprint density at radius 2 is 2.13 bits per heavy atom. The van der Waals surface area contributed by atoms with Crippen molar-refractivity contribution >= 4 is 17.3 Å². The van der Waals surface area contributed by atoms with Crippen LogP contribution in [0.3, 0.4) is 0 Å². The molecule has 1 unspecified atom stereocenters. The maximum absolute atomic E-state index is 12.5. The van der Waals surface area contributed by atoms with Crippen LogP contribution in [-0.4, -0.2) is 56.2 Å². The quantitative estimate of drug-likeness (QED) is 0.393. The van der Waals surface area contributed by atoms with Crippen LogP contribution in [0.4, 0.5) is 5.82 Å². The highest BCUT2D eigenvalue weighted by atomic mass is 16.6. The number of nitrogens with two attached hydrogens (primary N) is 1. The molecule has 0 amide bonds. The van der Waals surface area contributed by atoms with Crippen molar-refractivity contribution in [2.75, 3.05) is 12.8 Å². The summed E-state index contributed by atoms with van der Waals surface area (Å²) >= 11 is 0. The molecule has 2 aromatic rings. The topological polar surface area (TPSA) is 156 Å². The monoisotopic (exact) mass is 431 g/mol. The van der Waals surface area contributed by atoms with Crippen LogP contribution < -0.4 is 5.73 Å². The van der Waals surface area contributed by atoms with Gasteiger partial charge >= 0.3 is 5.97 Å². The van der Waals surface area contributed by atoms with Crippen molar-refractivity contribution in [1.29, 1.82) is 5.26 Å². The van der Waals surface area contributed by atoms with Crippen molar-refractivity contribution < 1.29 is 24.5 Å². The summed E-state index contributed by atoms with van der Waals surface area (Å²) in [6, 6.07) is 5.13. The summed E-state index contributed by atoms with van der Waals surface area (Å²) in [4.78, 5) is 16.4. The number of rotatable bonds is 9. The summed E-state index contributed by atoms with van der Waals surface area (Å²) in [5.74, 6) is -1.18. The van der Waals surface area contributed by atoms with Crippen LogP contribution in [0.1, 0.15) is 51.1 Å². The first kappa shape index (κ1) is 22.9. The lowest BCUT2D eigenvalue weighted by Gasteiger charge is -2.26. The first-order chi connectivity index (χ1) is 14.9. The SMILES string of the molecule is CCCCCCCC(C(=O)OC)[C@H]1O[C@@](C#N)(c2ccc3c(N)ncnn23)[C@H](O)[C@@H]1O. The van der Waals surface area contributed by atoms with Gasteiger partial charge in [0.25, 0.3) is 0 Å². The van der Waals surface area contributed by atoms with Gasteiger partial charge < -0.3 is 25.4 Å². The molecule has 1 saturated heterocycles. The Hall–Kier alpha value is -2.74. The second kappa shape index (κ2) is 9.60. The van der Waals surface area contributed by atoms with Crippen molar-refractivity contribution in [2.45, 2.75) is 69.4 Å². The smallest absolute Gasteiger partial charge is 0.311 e. The average Bonchev–Trinajstić information content (AvgIpc) is 3.32. The molecule has 1 fully saturated rings. The zero-order valence-electron chi connectivity index (χ0n) is 17.8. The van der Waals surface area contributed by atoms with E-state index in [9.17, 15) is 20.3 Å². The number of carbonyl (C=O) groups excluding carboxylic acids is 1. The van der Waals surface area contributed by atoms with E-state index in [1.165, 1.54) is 18.0 Å². The number of nitriles is 1. The molecule has 4 N–H and O–H groups in total. The fourth-order valence-corrected chi connectivity index (χ4v) is 4.23. The molecule has 3 rings (SSSR count). The number of fused-ring (bicyclic) bond motifs is 1. The lowest BCUT2D eigenvalue weighted by atomic mass is 9.88. The van der Waals surface area contributed by atoms with Gasteiger partial charge in [-0.25, -0.2) is 9.50 Å². The summed E-state index contributed by atoms with van der Waals surface area (Å²) in [6.45, 7) is 2.12. The van der Waals surface area contributed by atoms with Crippen LogP contribution in [-0.2, 0) is 19.9 Å². The van der Waals surface area contributed by atoms with E-state index < -0.39 is 35.8 Å². The number of aliphatic hydroxyl groups excluding tert-OH is 2. The van der Waals surface area contributed by atoms with Gasteiger partial charge in [-0.15, -0.1) is 0 Å². The third kappa shape index (κ3) is 4.08. The Balaban J connectivity index is 1.92. The van der Waals surface area contributed by atoms with Crippen molar-refractivity contribution in [3.05, 3.63) is 24.2 Å². The van der Waals surface area contributed by atoms with Crippen molar-refractivity contribution in [1.82, 2.24) is 14.6 Å². The minimum absolute atomic E-state index is 0.193. The molecule has 5 atom stereocenters. The number of nitrogens with zero attached hydrogens (tertiary/aromatic N) is 4. The van der Waals surface area contributed by atoms with Gasteiger partial charge in [0, 0.05) is 0 Å². The number of nitrogen functional groups attached to an aromatic ring is 1. The number of methoxy groups -OCH3 is 1. The van der Waals surface area contributed by atoms with E-state index >= 15 is 0 Å². The Bertz CT molecular complexity index is 957. The number of aromatic nitrogens is 3. The molecule has 0 spiro atoms. The molecule has 31 heavy (non-hydrogen) atoms. The molecule has 1 aliphatic rings. The van der Waals surface area contributed by atoms with Gasteiger partial charge in [-0.1, -0.05) is 39.0 Å². The largest absolute Gasteiger partial charge is 0.469 e. The van der Waals surface area contributed by atoms with Crippen molar-refractivity contribution in [3.8, 4) is 6.07 Å². The number of unbranched alkanes of at least 4 members (excludes halogenated alkanes) is 4. The van der Waals surface area contributed by atoms with Crippen LogP contribution in [0.15, 0.2) is 18.5 Å². The maximum atomic E-state index is 12.5. The van der Waals surface area contributed by atoms with Crippen molar-refractivity contribution in [3.63, 3.8) is 0 Å².